The van der Waals surface area contributed by atoms with Crippen molar-refractivity contribution in [1.29, 1.82) is 0 Å². The molecule has 0 saturated heterocycles. The zero-order valence-corrected chi connectivity index (χ0v) is 6.35. The minimum Gasteiger partial charge on any atom is -0.388 e. The molecule has 0 amide bonds. The van der Waals surface area contributed by atoms with Gasteiger partial charge in [0, 0.05) is 4.88 Å². The van der Waals surface area contributed by atoms with Gasteiger partial charge in [-0.15, -0.1) is 0 Å². The highest BCUT2D eigenvalue weighted by atomic mass is 32.1. The summed E-state index contributed by atoms with van der Waals surface area (Å²) in [5, 5.41) is 9.68. The Bertz CT molecular complexity index is 259. The molecule has 1 atom stereocenters. The molecule has 0 aliphatic carbocycles. The quantitative estimate of drug-likeness (QED) is 0.615. The van der Waals surface area contributed by atoms with Gasteiger partial charge in [0.2, 0.25) is 5.00 Å². The van der Waals surface area contributed by atoms with Crippen molar-refractivity contribution in [3.63, 3.8) is 0 Å². The maximum Gasteiger partial charge on any atom is 0.241 e. The third-order valence-corrected chi connectivity index (χ3v) is 2.28. The molecule has 10 heavy (non-hydrogen) atoms. The third kappa shape index (κ3) is 1.35. The molecule has 1 N–H and O–H groups in total. The van der Waals surface area contributed by atoms with Gasteiger partial charge in [0.1, 0.15) is 0 Å². The van der Waals surface area contributed by atoms with E-state index in [-0.39, 0.29) is 0 Å². The monoisotopic (exact) mass is 153 g/mol. The molecule has 1 aromatic heterocycles. The van der Waals surface area contributed by atoms with Gasteiger partial charge in [-0.2, -0.15) is 11.3 Å². The molecule has 0 unspecified atom stereocenters. The second-order valence-electron chi connectivity index (χ2n) is 1.96. The Kier molecular flexibility index (Phi) is 2.05. The summed E-state index contributed by atoms with van der Waals surface area (Å²) in [4.78, 5) is 4.08. The second-order valence-corrected chi connectivity index (χ2v) is 3.06. The van der Waals surface area contributed by atoms with E-state index in [0.717, 1.165) is 4.88 Å². The molecule has 1 heterocycles. The first-order valence-corrected chi connectivity index (χ1v) is 3.71. The van der Waals surface area contributed by atoms with Crippen LogP contribution in [0.5, 0.6) is 0 Å². The highest BCUT2D eigenvalue weighted by molar-refractivity contribution is 7.16. The SMILES string of the molecule is [C-]#[N+]c1ccc([C@@H](C)O)s1. The van der Waals surface area contributed by atoms with Crippen LogP contribution in [0.3, 0.4) is 0 Å². The van der Waals surface area contributed by atoms with Crippen molar-refractivity contribution in [3.8, 4) is 0 Å². The van der Waals surface area contributed by atoms with Gasteiger partial charge in [0.15, 0.2) is 0 Å². The van der Waals surface area contributed by atoms with Crippen LogP contribution in [0.1, 0.15) is 17.9 Å². The van der Waals surface area contributed by atoms with Crippen molar-refractivity contribution in [1.82, 2.24) is 0 Å². The van der Waals surface area contributed by atoms with Gasteiger partial charge in [-0.05, 0) is 13.0 Å². The maximum atomic E-state index is 9.04. The van der Waals surface area contributed by atoms with Crippen molar-refractivity contribution >= 4 is 16.3 Å². The average Bonchev–Trinajstić information content (AvgIpc) is 2.34. The molecule has 1 aromatic rings. The summed E-state index contributed by atoms with van der Waals surface area (Å²) in [7, 11) is 0. The van der Waals surface area contributed by atoms with E-state index in [4.69, 9.17) is 11.7 Å². The van der Waals surface area contributed by atoms with Gasteiger partial charge in [-0.1, -0.05) is 6.07 Å². The molecule has 52 valence electrons. The Labute approximate surface area is 63.6 Å². The first kappa shape index (κ1) is 7.26. The van der Waals surface area contributed by atoms with E-state index in [9.17, 15) is 0 Å². The second kappa shape index (κ2) is 2.82. The van der Waals surface area contributed by atoms with Crippen molar-refractivity contribution < 1.29 is 5.11 Å². The van der Waals surface area contributed by atoms with E-state index in [2.05, 4.69) is 4.85 Å². The Morgan fingerprint density at radius 3 is 2.70 bits per heavy atom. The third-order valence-electron chi connectivity index (χ3n) is 1.13. The fraction of sp³-hybridized carbons (Fsp3) is 0.286. The lowest BCUT2D eigenvalue weighted by Crippen LogP contribution is -1.82. The summed E-state index contributed by atoms with van der Waals surface area (Å²) in [6.45, 7) is 8.35. The molecule has 0 aliphatic rings. The molecule has 2 nitrogen and oxygen atoms in total. The van der Waals surface area contributed by atoms with Crippen molar-refractivity contribution in [2.45, 2.75) is 13.0 Å². The summed E-state index contributed by atoms with van der Waals surface area (Å²) in [5.74, 6) is 0. The summed E-state index contributed by atoms with van der Waals surface area (Å²) in [6.07, 6.45) is -0.444. The minimum atomic E-state index is -0.444. The Morgan fingerprint density at radius 2 is 2.40 bits per heavy atom. The summed E-state index contributed by atoms with van der Waals surface area (Å²) in [6, 6.07) is 3.50. The minimum absolute atomic E-state index is 0.444. The smallest absolute Gasteiger partial charge is 0.241 e. The van der Waals surface area contributed by atoms with E-state index in [0.29, 0.717) is 5.00 Å². The number of hydrogen-bond acceptors (Lipinski definition) is 2. The van der Waals surface area contributed by atoms with E-state index in [1.54, 1.807) is 19.1 Å². The standard InChI is InChI=1S/C7H7NOS/c1-5(9)6-3-4-7(8-2)10-6/h3-5,9H,1H3/t5-/m1/s1. The molecule has 0 bridgehead atoms. The Balaban J connectivity index is 2.91. The maximum absolute atomic E-state index is 9.04. The molecule has 0 radical (unpaired) electrons. The Morgan fingerprint density at radius 1 is 1.70 bits per heavy atom. The lowest BCUT2D eigenvalue weighted by Gasteiger charge is -1.96. The first-order valence-electron chi connectivity index (χ1n) is 2.89. The number of aliphatic hydroxyl groups excluding tert-OH is 1. The van der Waals surface area contributed by atoms with Gasteiger partial charge in [-0.25, -0.2) is 4.85 Å². The Hall–Kier alpha value is -0.850. The van der Waals surface area contributed by atoms with Crippen LogP contribution in [0.25, 0.3) is 4.85 Å². The highest BCUT2D eigenvalue weighted by Crippen LogP contribution is 2.28. The van der Waals surface area contributed by atoms with Crippen molar-refractivity contribution in [2.75, 3.05) is 0 Å². The van der Waals surface area contributed by atoms with Gasteiger partial charge < -0.3 is 5.11 Å². The molecule has 1 rings (SSSR count). The zero-order valence-electron chi connectivity index (χ0n) is 5.53. The predicted octanol–water partition coefficient (Wildman–Crippen LogP) is 2.35. The highest BCUT2D eigenvalue weighted by Gasteiger charge is 2.02. The molecule has 0 saturated carbocycles. The number of nitrogens with zero attached hydrogens (tertiary/aromatic N) is 1. The molecule has 0 aliphatic heterocycles. The fourth-order valence-corrected chi connectivity index (χ4v) is 1.36. The number of thiophene rings is 1. The van der Waals surface area contributed by atoms with Crippen LogP contribution in [-0.2, 0) is 0 Å². The number of rotatable bonds is 1. The first-order chi connectivity index (χ1) is 4.74. The summed E-state index contributed by atoms with van der Waals surface area (Å²) in [5.41, 5.74) is 0. The zero-order chi connectivity index (χ0) is 7.56. The summed E-state index contributed by atoms with van der Waals surface area (Å²) >= 11 is 1.34. The van der Waals surface area contributed by atoms with Crippen LogP contribution in [0, 0.1) is 6.57 Å². The van der Waals surface area contributed by atoms with E-state index >= 15 is 0 Å². The normalized spacial score (nSPS) is 12.5. The summed E-state index contributed by atoms with van der Waals surface area (Å²) < 4.78 is 0. The topological polar surface area (TPSA) is 24.6 Å². The van der Waals surface area contributed by atoms with Crippen molar-refractivity contribution in [3.05, 3.63) is 28.4 Å². The van der Waals surface area contributed by atoms with Crippen LogP contribution in [0.4, 0.5) is 5.00 Å². The lowest BCUT2D eigenvalue weighted by molar-refractivity contribution is 0.203. The largest absolute Gasteiger partial charge is 0.388 e. The molecular formula is C7H7NOS. The molecular weight excluding hydrogens is 146 g/mol. The van der Waals surface area contributed by atoms with Crippen LogP contribution in [0.2, 0.25) is 0 Å². The lowest BCUT2D eigenvalue weighted by atomic mass is 10.3. The molecule has 3 heteroatoms. The van der Waals surface area contributed by atoms with E-state index < -0.39 is 6.10 Å². The van der Waals surface area contributed by atoms with Gasteiger partial charge >= 0.3 is 0 Å². The van der Waals surface area contributed by atoms with Crippen LogP contribution in [0.15, 0.2) is 12.1 Å². The molecule has 0 aromatic carbocycles. The van der Waals surface area contributed by atoms with E-state index in [1.807, 2.05) is 0 Å². The fourth-order valence-electron chi connectivity index (χ4n) is 0.627. The number of hydrogen-bond donors (Lipinski definition) is 1. The molecule has 0 fully saturated rings. The molecule has 0 spiro atoms. The van der Waals surface area contributed by atoms with Crippen LogP contribution >= 0.6 is 11.3 Å². The average molecular weight is 153 g/mol. The number of aliphatic hydroxyl groups is 1. The predicted molar refractivity (Wildman–Crippen MR) is 41.2 cm³/mol. The van der Waals surface area contributed by atoms with Gasteiger partial charge in [0.25, 0.3) is 0 Å². The van der Waals surface area contributed by atoms with Crippen LogP contribution < -0.4 is 0 Å². The van der Waals surface area contributed by atoms with E-state index in [1.165, 1.54) is 11.3 Å². The van der Waals surface area contributed by atoms with Gasteiger partial charge in [-0.3, -0.25) is 0 Å². The van der Waals surface area contributed by atoms with Gasteiger partial charge in [0.05, 0.1) is 12.7 Å². The van der Waals surface area contributed by atoms with Crippen LogP contribution in [-0.4, -0.2) is 5.11 Å². The van der Waals surface area contributed by atoms with Crippen molar-refractivity contribution in [2.24, 2.45) is 0 Å².